The van der Waals surface area contributed by atoms with Crippen molar-refractivity contribution in [3.05, 3.63) is 70.7 Å². The third-order valence-electron chi connectivity index (χ3n) is 4.74. The summed E-state index contributed by atoms with van der Waals surface area (Å²) in [7, 11) is 1.54. The summed E-state index contributed by atoms with van der Waals surface area (Å²) in [6.45, 7) is 0.0564. The van der Waals surface area contributed by atoms with Crippen LogP contribution in [0.25, 0.3) is 5.69 Å². The van der Waals surface area contributed by atoms with Crippen molar-refractivity contribution in [2.24, 2.45) is 0 Å². The van der Waals surface area contributed by atoms with Gasteiger partial charge in [0.2, 0.25) is 11.6 Å². The van der Waals surface area contributed by atoms with E-state index in [4.69, 9.17) is 9.26 Å². The monoisotopic (exact) mass is 395 g/mol. The van der Waals surface area contributed by atoms with E-state index < -0.39 is 11.7 Å². The number of carbonyl (C=O) groups excluding carboxylic acids is 2. The van der Waals surface area contributed by atoms with Crippen LogP contribution in [-0.4, -0.2) is 30.2 Å². The predicted octanol–water partition coefficient (Wildman–Crippen LogP) is 0.675. The molecule has 1 fully saturated rings. The van der Waals surface area contributed by atoms with Crippen molar-refractivity contribution in [2.45, 2.75) is 19.0 Å². The van der Waals surface area contributed by atoms with Gasteiger partial charge in [-0.3, -0.25) is 19.4 Å². The number of hydrogen-bond acceptors (Lipinski definition) is 6. The van der Waals surface area contributed by atoms with Gasteiger partial charge in [0.15, 0.2) is 0 Å². The molecule has 3 aromatic rings. The van der Waals surface area contributed by atoms with Crippen LogP contribution in [0.3, 0.4) is 0 Å². The first-order chi connectivity index (χ1) is 14.1. The number of benzene rings is 2. The number of methoxy groups -OCH3 is 1. The minimum Gasteiger partial charge on any atom is -0.497 e. The maximum absolute atomic E-state index is 12.8. The zero-order valence-electron chi connectivity index (χ0n) is 15.6. The minimum atomic E-state index is -0.733. The fourth-order valence-corrected chi connectivity index (χ4v) is 3.24. The molecule has 9 nitrogen and oxygen atoms in total. The summed E-state index contributed by atoms with van der Waals surface area (Å²) < 4.78 is 11.5. The molecule has 0 spiro atoms. The van der Waals surface area contributed by atoms with Crippen LogP contribution in [0.15, 0.2) is 63.9 Å². The molecule has 1 atom stereocenters. The Morgan fingerprint density at radius 2 is 1.86 bits per heavy atom. The van der Waals surface area contributed by atoms with Gasteiger partial charge >= 0.3 is 11.3 Å². The Morgan fingerprint density at radius 1 is 1.14 bits per heavy atom. The summed E-state index contributed by atoms with van der Waals surface area (Å²) in [5, 5.41) is 5.55. The standard InChI is InChI=1S/C20H18N4O5/c1-28-15-9-7-13(8-10-15)23-18(25)11-16(19(23)26)21-12-17-20(27)29-22-24(17)14-5-3-2-4-6-14/h2-10,16,21H,11-12H2,1H3/p+1. The number of rotatable bonds is 6. The SMILES string of the molecule is COc1ccc(N2C(=O)CC(NCc3c(=O)o[nH][n+]3-c3ccccc3)C2=O)cc1. The largest absolute Gasteiger partial charge is 0.497 e. The van der Waals surface area contributed by atoms with Gasteiger partial charge in [-0.2, -0.15) is 0 Å². The molecule has 148 valence electrons. The van der Waals surface area contributed by atoms with Gasteiger partial charge in [0.25, 0.3) is 5.91 Å². The van der Waals surface area contributed by atoms with E-state index in [-0.39, 0.29) is 24.8 Å². The van der Waals surface area contributed by atoms with Crippen molar-refractivity contribution in [3.63, 3.8) is 0 Å². The van der Waals surface area contributed by atoms with Crippen molar-refractivity contribution in [1.29, 1.82) is 0 Å². The van der Waals surface area contributed by atoms with Crippen LogP contribution in [0.2, 0.25) is 0 Å². The van der Waals surface area contributed by atoms with E-state index in [1.54, 1.807) is 31.4 Å². The molecule has 1 aliphatic heterocycles. The average Bonchev–Trinajstić information content (AvgIpc) is 3.25. The van der Waals surface area contributed by atoms with Gasteiger partial charge in [-0.05, 0) is 34.2 Å². The molecule has 1 aromatic heterocycles. The first-order valence-corrected chi connectivity index (χ1v) is 9.00. The van der Waals surface area contributed by atoms with Crippen LogP contribution in [0, 0.1) is 0 Å². The van der Waals surface area contributed by atoms with Gasteiger partial charge in [0, 0.05) is 12.1 Å². The number of anilines is 1. The molecule has 29 heavy (non-hydrogen) atoms. The topological polar surface area (TPSA) is 109 Å². The Balaban J connectivity index is 1.50. The van der Waals surface area contributed by atoms with Crippen molar-refractivity contribution in [1.82, 2.24) is 10.6 Å². The van der Waals surface area contributed by atoms with Gasteiger partial charge in [-0.1, -0.05) is 18.2 Å². The number of hydrogen-bond donors (Lipinski definition) is 2. The van der Waals surface area contributed by atoms with Crippen molar-refractivity contribution < 1.29 is 23.5 Å². The van der Waals surface area contributed by atoms with E-state index in [1.165, 1.54) is 4.68 Å². The molecular formula is C20H19N4O5+. The highest BCUT2D eigenvalue weighted by Crippen LogP contribution is 2.25. The second kappa shape index (κ2) is 7.72. The van der Waals surface area contributed by atoms with Crippen molar-refractivity contribution >= 4 is 17.5 Å². The van der Waals surface area contributed by atoms with Crippen LogP contribution >= 0.6 is 0 Å². The Labute approximate surface area is 165 Å². The van der Waals surface area contributed by atoms with Gasteiger partial charge < -0.3 is 4.74 Å². The summed E-state index contributed by atoms with van der Waals surface area (Å²) in [5.41, 5.74) is 0.930. The second-order valence-corrected chi connectivity index (χ2v) is 6.50. The Kier molecular flexibility index (Phi) is 4.96. The molecule has 1 aliphatic rings. The lowest BCUT2D eigenvalue weighted by Crippen LogP contribution is -2.44. The normalized spacial score (nSPS) is 16.4. The molecule has 1 unspecified atom stereocenters. The summed E-state index contributed by atoms with van der Waals surface area (Å²) >= 11 is 0. The smallest absolute Gasteiger partial charge is 0.431 e. The first kappa shape index (κ1) is 18.6. The summed E-state index contributed by atoms with van der Waals surface area (Å²) in [6.07, 6.45) is 0.00591. The van der Waals surface area contributed by atoms with Crippen LogP contribution in [0.5, 0.6) is 5.75 Å². The molecule has 0 radical (unpaired) electrons. The maximum atomic E-state index is 12.8. The number of imide groups is 1. The minimum absolute atomic E-state index is 0.00591. The lowest BCUT2D eigenvalue weighted by molar-refractivity contribution is -0.677. The van der Waals surface area contributed by atoms with Gasteiger partial charge in [-0.25, -0.2) is 9.69 Å². The lowest BCUT2D eigenvalue weighted by Gasteiger charge is -2.15. The molecule has 4 rings (SSSR count). The van der Waals surface area contributed by atoms with E-state index in [0.717, 1.165) is 4.90 Å². The summed E-state index contributed by atoms with van der Waals surface area (Å²) in [4.78, 5) is 38.4. The molecule has 2 aromatic carbocycles. The number of H-pyrrole nitrogens is 1. The number of aromatic nitrogens is 2. The first-order valence-electron chi connectivity index (χ1n) is 9.00. The van der Waals surface area contributed by atoms with E-state index in [2.05, 4.69) is 10.6 Å². The molecular weight excluding hydrogens is 376 g/mol. The Bertz CT molecular complexity index is 1090. The molecule has 2 heterocycles. The number of carbonyl (C=O) groups is 2. The molecule has 2 amide bonds. The van der Waals surface area contributed by atoms with Crippen LogP contribution in [0.4, 0.5) is 5.69 Å². The van der Waals surface area contributed by atoms with E-state index >= 15 is 0 Å². The Morgan fingerprint density at radius 3 is 2.55 bits per heavy atom. The molecule has 2 N–H and O–H groups in total. The third-order valence-corrected chi connectivity index (χ3v) is 4.74. The highest BCUT2D eigenvalue weighted by Gasteiger charge is 2.40. The number of nitrogens with one attached hydrogen (secondary N) is 2. The highest BCUT2D eigenvalue weighted by molar-refractivity contribution is 6.22. The summed E-state index contributed by atoms with van der Waals surface area (Å²) in [5.74, 6) is -0.0479. The van der Waals surface area contributed by atoms with Crippen molar-refractivity contribution in [2.75, 3.05) is 12.0 Å². The molecule has 9 heteroatoms. The number of aromatic amines is 1. The molecule has 0 aliphatic carbocycles. The number of amides is 2. The third kappa shape index (κ3) is 3.55. The van der Waals surface area contributed by atoms with Gasteiger partial charge in [-0.15, -0.1) is 0 Å². The molecule has 0 saturated carbocycles. The van der Waals surface area contributed by atoms with Gasteiger partial charge in [0.05, 0.1) is 31.8 Å². The fourth-order valence-electron chi connectivity index (χ4n) is 3.24. The average molecular weight is 395 g/mol. The maximum Gasteiger partial charge on any atom is 0.431 e. The number of para-hydroxylation sites is 1. The quantitative estimate of drug-likeness (QED) is 0.469. The van der Waals surface area contributed by atoms with Crippen LogP contribution in [-0.2, 0) is 16.1 Å². The number of nitrogens with zero attached hydrogens (tertiary/aromatic N) is 2. The number of ether oxygens (including phenoxy) is 1. The van der Waals surface area contributed by atoms with Crippen LogP contribution < -0.4 is 25.3 Å². The molecule has 1 saturated heterocycles. The fraction of sp³-hybridized carbons (Fsp3) is 0.200. The summed E-state index contributed by atoms with van der Waals surface area (Å²) in [6, 6.07) is 15.1. The Hall–Kier alpha value is -3.72. The van der Waals surface area contributed by atoms with E-state index in [9.17, 15) is 14.4 Å². The highest BCUT2D eigenvalue weighted by atomic mass is 16.5. The molecule has 0 bridgehead atoms. The second-order valence-electron chi connectivity index (χ2n) is 6.50. The van der Waals surface area contributed by atoms with Gasteiger partial charge in [0.1, 0.15) is 5.75 Å². The zero-order chi connectivity index (χ0) is 20.4. The van der Waals surface area contributed by atoms with E-state index in [1.807, 2.05) is 30.3 Å². The van der Waals surface area contributed by atoms with Crippen molar-refractivity contribution in [3.8, 4) is 11.4 Å². The van der Waals surface area contributed by atoms with Crippen LogP contribution in [0.1, 0.15) is 12.1 Å². The zero-order valence-corrected chi connectivity index (χ0v) is 15.6. The lowest BCUT2D eigenvalue weighted by atomic mass is 10.2. The predicted molar refractivity (Wildman–Crippen MR) is 102 cm³/mol. The van der Waals surface area contributed by atoms with E-state index in [0.29, 0.717) is 22.8 Å².